The quantitative estimate of drug-likeness (QED) is 0.235. The van der Waals surface area contributed by atoms with Crippen LogP contribution in [0, 0.1) is 0 Å². The van der Waals surface area contributed by atoms with E-state index in [2.05, 4.69) is 13.0 Å². The summed E-state index contributed by atoms with van der Waals surface area (Å²) < 4.78 is 0. The molecular weight excluding hydrogens is 255 g/mol. The Morgan fingerprint density at radius 2 is 1.57 bits per heavy atom. The lowest BCUT2D eigenvalue weighted by Gasteiger charge is -2.01. The molecule has 0 aromatic rings. The zero-order chi connectivity index (χ0) is 10.9. The summed E-state index contributed by atoms with van der Waals surface area (Å²) in [4.78, 5) is 0. The molecule has 0 spiro atoms. The molecule has 0 fully saturated rings. The Bertz CT molecular complexity index is 152. The van der Waals surface area contributed by atoms with Crippen molar-refractivity contribution in [3.63, 3.8) is 0 Å². The summed E-state index contributed by atoms with van der Waals surface area (Å²) in [7, 11) is 0. The smallest absolute Gasteiger partial charge is 0.126 e. The van der Waals surface area contributed by atoms with Crippen molar-refractivity contribution in [3.8, 4) is 0 Å². The van der Waals surface area contributed by atoms with Gasteiger partial charge in [0.2, 0.25) is 0 Å². The average Bonchev–Trinajstić information content (AvgIpc) is 2.08. The van der Waals surface area contributed by atoms with Gasteiger partial charge in [0.05, 0.1) is 0 Å². The average molecular weight is 274 g/mol. The Balaban J connectivity index is 3.19. The van der Waals surface area contributed by atoms with Crippen molar-refractivity contribution in [2.75, 3.05) is 0 Å². The molecule has 0 N–H and O–H groups in total. The Hall–Kier alpha value is 0.827. The van der Waals surface area contributed by atoms with Gasteiger partial charge in [0.25, 0.3) is 0 Å². The van der Waals surface area contributed by atoms with Crippen LogP contribution in [0.25, 0.3) is 0 Å². The van der Waals surface area contributed by atoms with E-state index in [4.69, 9.17) is 33.2 Å². The zero-order valence-corrected chi connectivity index (χ0v) is 12.0. The molecule has 0 aliphatic rings. The molecule has 14 heavy (non-hydrogen) atoms. The molecule has 0 aliphatic heterocycles. The zero-order valence-electron chi connectivity index (χ0n) is 8.74. The Morgan fingerprint density at radius 3 is 2.14 bits per heavy atom. The first kappa shape index (κ1) is 14.8. The highest BCUT2D eigenvalue weighted by molar-refractivity contribution is 7.64. The van der Waals surface area contributed by atoms with E-state index in [0.29, 0.717) is 6.04 Å². The maximum atomic E-state index is 5.73. The monoisotopic (exact) mass is 272 g/mol. The summed E-state index contributed by atoms with van der Waals surface area (Å²) in [5.74, 6) is 0. The van der Waals surface area contributed by atoms with Crippen LogP contribution in [-0.4, -0.2) is 6.00 Å². The van der Waals surface area contributed by atoms with Gasteiger partial charge in [-0.25, -0.2) is 0 Å². The molecule has 0 aromatic heterocycles. The van der Waals surface area contributed by atoms with Gasteiger partial charge < -0.3 is 0 Å². The lowest BCUT2D eigenvalue weighted by atomic mass is 10.1. The van der Waals surface area contributed by atoms with Crippen LogP contribution >= 0.6 is 33.2 Å². The minimum Gasteiger partial charge on any atom is -0.126 e. The molecule has 0 heterocycles. The van der Waals surface area contributed by atoms with Crippen molar-refractivity contribution in [3.05, 3.63) is 12.2 Å². The number of rotatable bonds is 8. The van der Waals surface area contributed by atoms with Crippen LogP contribution in [0.3, 0.4) is 0 Å². The number of halogens is 3. The fraction of sp³-hybridized carbons (Fsp3) is 0.800. The molecule has 84 valence electrons. The third-order valence-corrected chi connectivity index (χ3v) is 4.08. The second-order valence-electron chi connectivity index (χ2n) is 3.49. The van der Waals surface area contributed by atoms with E-state index in [-0.39, 0.29) is 0 Å². The highest BCUT2D eigenvalue weighted by Gasteiger charge is 2.21. The fourth-order valence-electron chi connectivity index (χ4n) is 1.20. The highest BCUT2D eigenvalue weighted by Crippen LogP contribution is 2.25. The Morgan fingerprint density at radius 1 is 0.929 bits per heavy atom. The van der Waals surface area contributed by atoms with Crippen LogP contribution in [0.1, 0.15) is 45.4 Å². The summed E-state index contributed by atoms with van der Waals surface area (Å²) in [6, 6.07) is -1.76. The standard InChI is InChI=1S/C10H19Cl3Si/c1-2-3-4-5-6-7-8-9-10-14(11,12)13/h8-9H,2-7,10H2,1H3/b9-8-. The van der Waals surface area contributed by atoms with E-state index in [1.165, 1.54) is 32.1 Å². The summed E-state index contributed by atoms with van der Waals surface area (Å²) in [5, 5.41) is 0. The molecule has 0 saturated heterocycles. The van der Waals surface area contributed by atoms with E-state index in [1.54, 1.807) is 0 Å². The number of allylic oxidation sites excluding steroid dienone is 2. The molecule has 0 aromatic carbocycles. The van der Waals surface area contributed by atoms with Crippen LogP contribution in [0.15, 0.2) is 12.2 Å². The molecule has 0 amide bonds. The van der Waals surface area contributed by atoms with Gasteiger partial charge in [-0.2, -0.15) is 0 Å². The lowest BCUT2D eigenvalue weighted by molar-refractivity contribution is 0.637. The summed E-state index contributed by atoms with van der Waals surface area (Å²) in [6.07, 6.45) is 11.9. The van der Waals surface area contributed by atoms with Crippen LogP contribution < -0.4 is 0 Å². The maximum absolute atomic E-state index is 5.73. The van der Waals surface area contributed by atoms with Crippen LogP contribution in [0.5, 0.6) is 0 Å². The molecule has 4 heteroatoms. The molecule has 0 bridgehead atoms. The highest BCUT2D eigenvalue weighted by atomic mass is 35.8. The van der Waals surface area contributed by atoms with Gasteiger partial charge in [0.15, 0.2) is 0 Å². The van der Waals surface area contributed by atoms with Gasteiger partial charge in [-0.05, 0) is 12.8 Å². The SMILES string of the molecule is CCCCCCC/C=C\C[Si](Cl)(Cl)Cl. The van der Waals surface area contributed by atoms with Crippen LogP contribution in [-0.2, 0) is 0 Å². The molecule has 0 radical (unpaired) electrons. The van der Waals surface area contributed by atoms with Gasteiger partial charge in [-0.3, -0.25) is 0 Å². The minimum atomic E-state index is -2.41. The first-order valence-corrected chi connectivity index (χ1v) is 10.5. The van der Waals surface area contributed by atoms with Crippen molar-refractivity contribution >= 4 is 39.2 Å². The fourth-order valence-corrected chi connectivity index (χ4v) is 2.44. The predicted octanol–water partition coefficient (Wildman–Crippen LogP) is 5.56. The van der Waals surface area contributed by atoms with Gasteiger partial charge in [-0.1, -0.05) is 44.8 Å². The number of hydrogen-bond donors (Lipinski definition) is 0. The van der Waals surface area contributed by atoms with Crippen LogP contribution in [0.4, 0.5) is 0 Å². The minimum absolute atomic E-state index is 0.645. The molecule has 0 saturated carbocycles. The van der Waals surface area contributed by atoms with Gasteiger partial charge in [-0.15, -0.1) is 33.2 Å². The normalized spacial score (nSPS) is 12.6. The number of hydrogen-bond acceptors (Lipinski definition) is 0. The first-order valence-electron chi connectivity index (χ1n) is 5.28. The maximum Gasteiger partial charge on any atom is 0.344 e. The summed E-state index contributed by atoms with van der Waals surface area (Å²) >= 11 is 17.2. The van der Waals surface area contributed by atoms with Crippen molar-refractivity contribution in [2.24, 2.45) is 0 Å². The van der Waals surface area contributed by atoms with E-state index in [1.807, 2.05) is 6.08 Å². The summed E-state index contributed by atoms with van der Waals surface area (Å²) in [5.41, 5.74) is 0. The molecule has 0 aliphatic carbocycles. The molecule has 0 nitrogen and oxygen atoms in total. The third-order valence-electron chi connectivity index (χ3n) is 1.99. The first-order chi connectivity index (χ1) is 6.56. The molecule has 0 rings (SSSR count). The Kier molecular flexibility index (Phi) is 9.62. The number of unbranched alkanes of at least 4 members (excludes halogenated alkanes) is 5. The van der Waals surface area contributed by atoms with Crippen molar-refractivity contribution < 1.29 is 0 Å². The second kappa shape index (κ2) is 9.08. The third kappa shape index (κ3) is 12.8. The van der Waals surface area contributed by atoms with Crippen molar-refractivity contribution in [1.82, 2.24) is 0 Å². The molecule has 0 unspecified atom stereocenters. The largest absolute Gasteiger partial charge is 0.344 e. The summed E-state index contributed by atoms with van der Waals surface area (Å²) in [6.45, 7) is 2.23. The molecular formula is C10H19Cl3Si. The van der Waals surface area contributed by atoms with Gasteiger partial charge >= 0.3 is 6.00 Å². The topological polar surface area (TPSA) is 0 Å². The van der Waals surface area contributed by atoms with Crippen molar-refractivity contribution in [2.45, 2.75) is 51.5 Å². The van der Waals surface area contributed by atoms with Crippen molar-refractivity contribution in [1.29, 1.82) is 0 Å². The predicted molar refractivity (Wildman–Crippen MR) is 70.6 cm³/mol. The van der Waals surface area contributed by atoms with Crippen LogP contribution in [0.2, 0.25) is 6.04 Å². The van der Waals surface area contributed by atoms with E-state index in [0.717, 1.165) is 6.42 Å². The van der Waals surface area contributed by atoms with E-state index < -0.39 is 6.00 Å². The Labute approximate surface area is 103 Å². The lowest BCUT2D eigenvalue weighted by Crippen LogP contribution is -2.05. The van der Waals surface area contributed by atoms with Gasteiger partial charge in [0.1, 0.15) is 0 Å². The van der Waals surface area contributed by atoms with E-state index in [9.17, 15) is 0 Å². The van der Waals surface area contributed by atoms with E-state index >= 15 is 0 Å². The second-order valence-corrected chi connectivity index (χ2v) is 12.7. The molecule has 0 atom stereocenters. The van der Waals surface area contributed by atoms with Gasteiger partial charge in [0, 0.05) is 6.04 Å².